The highest BCUT2D eigenvalue weighted by atomic mass is 19.1. The summed E-state index contributed by atoms with van der Waals surface area (Å²) in [6, 6.07) is 4.55. The standard InChI is InChI=1S/C18H22FNO/c1-17-6-11-4-12(7-17)9-18(8-11,10-17)16(21)13-2-3-15(20)14(19)5-13/h2-3,5,11-12H,4,6-10,20H2,1H3. The van der Waals surface area contributed by atoms with Crippen LogP contribution in [-0.2, 0) is 0 Å². The second kappa shape index (κ2) is 4.08. The summed E-state index contributed by atoms with van der Waals surface area (Å²) < 4.78 is 13.7. The van der Waals surface area contributed by atoms with E-state index in [0.29, 0.717) is 22.8 Å². The number of Topliss-reactive ketones (excluding diaryl/α,β-unsaturated/α-hetero) is 1. The van der Waals surface area contributed by atoms with Crippen LogP contribution >= 0.6 is 0 Å². The first-order chi connectivity index (χ1) is 9.89. The predicted molar refractivity (Wildman–Crippen MR) is 80.4 cm³/mol. The Morgan fingerprint density at radius 3 is 2.48 bits per heavy atom. The van der Waals surface area contributed by atoms with Gasteiger partial charge in [0.15, 0.2) is 5.78 Å². The zero-order valence-corrected chi connectivity index (χ0v) is 12.5. The second-order valence-electron chi connectivity index (χ2n) is 8.12. The first-order valence-corrected chi connectivity index (χ1v) is 7.99. The maximum atomic E-state index is 13.7. The van der Waals surface area contributed by atoms with E-state index in [-0.39, 0.29) is 16.9 Å². The van der Waals surface area contributed by atoms with Gasteiger partial charge in [0.05, 0.1) is 5.69 Å². The lowest BCUT2D eigenvalue weighted by Gasteiger charge is -2.60. The van der Waals surface area contributed by atoms with Crippen molar-refractivity contribution in [3.8, 4) is 0 Å². The molecule has 0 heterocycles. The summed E-state index contributed by atoms with van der Waals surface area (Å²) in [5, 5.41) is 0. The molecule has 3 heteroatoms. The number of hydrogen-bond acceptors (Lipinski definition) is 2. The molecule has 4 aliphatic rings. The molecule has 0 spiro atoms. The third-order valence-corrected chi connectivity index (χ3v) is 6.10. The number of ketones is 1. The lowest BCUT2D eigenvalue weighted by atomic mass is 9.43. The van der Waals surface area contributed by atoms with E-state index in [1.54, 1.807) is 6.07 Å². The van der Waals surface area contributed by atoms with Gasteiger partial charge in [-0.1, -0.05) is 6.92 Å². The fourth-order valence-corrected chi connectivity index (χ4v) is 5.96. The minimum Gasteiger partial charge on any atom is -0.396 e. The summed E-state index contributed by atoms with van der Waals surface area (Å²) in [4.78, 5) is 13.1. The molecule has 1 aromatic rings. The number of nitrogens with two attached hydrogens (primary N) is 1. The van der Waals surface area contributed by atoms with Crippen LogP contribution < -0.4 is 5.73 Å². The van der Waals surface area contributed by atoms with Crippen molar-refractivity contribution in [3.05, 3.63) is 29.6 Å². The molecule has 2 nitrogen and oxygen atoms in total. The number of hydrogen-bond donors (Lipinski definition) is 1. The van der Waals surface area contributed by atoms with E-state index in [1.165, 1.54) is 31.4 Å². The molecule has 0 amide bonds. The van der Waals surface area contributed by atoms with Gasteiger partial charge < -0.3 is 5.73 Å². The van der Waals surface area contributed by atoms with Gasteiger partial charge in [0.2, 0.25) is 0 Å². The van der Waals surface area contributed by atoms with Gasteiger partial charge in [0, 0.05) is 11.0 Å². The minimum absolute atomic E-state index is 0.115. The SMILES string of the molecule is CC12CC3CC(C1)CC(C(=O)c1ccc(N)c(F)c1)(C3)C2. The number of rotatable bonds is 2. The van der Waals surface area contributed by atoms with Crippen molar-refractivity contribution in [2.45, 2.75) is 45.4 Å². The molecule has 2 unspecified atom stereocenters. The number of carbonyl (C=O) groups is 1. The average molecular weight is 287 g/mol. The Bertz CT molecular complexity index is 610. The second-order valence-corrected chi connectivity index (χ2v) is 8.12. The normalized spacial score (nSPS) is 40.5. The molecule has 0 aliphatic heterocycles. The highest BCUT2D eigenvalue weighted by molar-refractivity contribution is 6.01. The van der Waals surface area contributed by atoms with Crippen molar-refractivity contribution in [1.82, 2.24) is 0 Å². The van der Waals surface area contributed by atoms with E-state index in [0.717, 1.165) is 19.3 Å². The van der Waals surface area contributed by atoms with Crippen molar-refractivity contribution in [1.29, 1.82) is 0 Å². The maximum Gasteiger partial charge on any atom is 0.169 e. The van der Waals surface area contributed by atoms with Gasteiger partial charge >= 0.3 is 0 Å². The van der Waals surface area contributed by atoms with Crippen LogP contribution in [-0.4, -0.2) is 5.78 Å². The first-order valence-electron chi connectivity index (χ1n) is 7.99. The Morgan fingerprint density at radius 2 is 1.90 bits per heavy atom. The van der Waals surface area contributed by atoms with Gasteiger partial charge in [-0.2, -0.15) is 0 Å². The van der Waals surface area contributed by atoms with E-state index < -0.39 is 5.82 Å². The fraction of sp³-hybridized carbons (Fsp3) is 0.611. The Kier molecular flexibility index (Phi) is 2.59. The van der Waals surface area contributed by atoms with E-state index in [2.05, 4.69) is 6.92 Å². The van der Waals surface area contributed by atoms with Crippen LogP contribution in [0.15, 0.2) is 18.2 Å². The zero-order valence-electron chi connectivity index (χ0n) is 12.5. The molecule has 0 radical (unpaired) electrons. The van der Waals surface area contributed by atoms with Crippen LogP contribution in [0.1, 0.15) is 55.8 Å². The number of halogens is 1. The fourth-order valence-electron chi connectivity index (χ4n) is 5.96. The van der Waals surface area contributed by atoms with Crippen LogP contribution in [0, 0.1) is 28.5 Å². The maximum absolute atomic E-state index is 13.7. The van der Waals surface area contributed by atoms with Crippen molar-refractivity contribution in [3.63, 3.8) is 0 Å². The zero-order chi connectivity index (χ0) is 14.8. The summed E-state index contributed by atoms with van der Waals surface area (Å²) in [6.45, 7) is 2.34. The Hall–Kier alpha value is -1.38. The Morgan fingerprint density at radius 1 is 1.24 bits per heavy atom. The van der Waals surface area contributed by atoms with E-state index in [1.807, 2.05) is 0 Å². The van der Waals surface area contributed by atoms with Crippen molar-refractivity contribution >= 4 is 11.5 Å². The first kappa shape index (κ1) is 13.3. The van der Waals surface area contributed by atoms with Gasteiger partial charge in [0.25, 0.3) is 0 Å². The van der Waals surface area contributed by atoms with E-state index >= 15 is 0 Å². The molecule has 4 saturated carbocycles. The summed E-state index contributed by atoms with van der Waals surface area (Å²) >= 11 is 0. The largest absolute Gasteiger partial charge is 0.396 e. The minimum atomic E-state index is -0.475. The average Bonchev–Trinajstić information content (AvgIpc) is 2.38. The van der Waals surface area contributed by atoms with E-state index in [9.17, 15) is 9.18 Å². The number of carbonyl (C=O) groups excluding carboxylic acids is 1. The third-order valence-electron chi connectivity index (χ3n) is 6.10. The highest BCUT2D eigenvalue weighted by Crippen LogP contribution is 2.65. The lowest BCUT2D eigenvalue weighted by Crippen LogP contribution is -2.54. The van der Waals surface area contributed by atoms with Gasteiger partial charge in [-0.05, 0) is 74.0 Å². The lowest BCUT2D eigenvalue weighted by molar-refractivity contribution is -0.0820. The molecule has 4 aliphatic carbocycles. The summed E-state index contributed by atoms with van der Waals surface area (Å²) in [6.07, 6.45) is 6.83. The van der Waals surface area contributed by atoms with Gasteiger partial charge in [-0.25, -0.2) is 4.39 Å². The van der Waals surface area contributed by atoms with Crippen LogP contribution in [0.4, 0.5) is 10.1 Å². The van der Waals surface area contributed by atoms with Crippen LogP contribution in [0.3, 0.4) is 0 Å². The number of anilines is 1. The summed E-state index contributed by atoms with van der Waals surface area (Å²) in [7, 11) is 0. The van der Waals surface area contributed by atoms with Crippen LogP contribution in [0.25, 0.3) is 0 Å². The smallest absolute Gasteiger partial charge is 0.169 e. The van der Waals surface area contributed by atoms with Crippen molar-refractivity contribution in [2.75, 3.05) is 5.73 Å². The topological polar surface area (TPSA) is 43.1 Å². The van der Waals surface area contributed by atoms with Gasteiger partial charge in [-0.15, -0.1) is 0 Å². The Labute approximate surface area is 124 Å². The van der Waals surface area contributed by atoms with Crippen LogP contribution in [0.2, 0.25) is 0 Å². The van der Waals surface area contributed by atoms with Gasteiger partial charge in [0.1, 0.15) is 5.82 Å². The molecule has 5 rings (SSSR count). The molecule has 4 bridgehead atoms. The molecule has 21 heavy (non-hydrogen) atoms. The van der Waals surface area contributed by atoms with Crippen molar-refractivity contribution < 1.29 is 9.18 Å². The third kappa shape index (κ3) is 1.93. The quantitative estimate of drug-likeness (QED) is 0.654. The molecular weight excluding hydrogens is 265 g/mol. The molecule has 0 aromatic heterocycles. The van der Waals surface area contributed by atoms with Crippen molar-refractivity contribution in [2.24, 2.45) is 22.7 Å². The molecule has 0 saturated heterocycles. The molecule has 1 aromatic carbocycles. The molecule has 2 atom stereocenters. The Balaban J connectivity index is 1.72. The molecular formula is C18H22FNO. The molecule has 2 N–H and O–H groups in total. The van der Waals surface area contributed by atoms with E-state index in [4.69, 9.17) is 5.73 Å². The number of benzene rings is 1. The summed E-state index contributed by atoms with van der Waals surface area (Å²) in [5.74, 6) is 1.07. The summed E-state index contributed by atoms with van der Waals surface area (Å²) in [5.41, 5.74) is 6.24. The molecule has 4 fully saturated rings. The van der Waals surface area contributed by atoms with Crippen LogP contribution in [0.5, 0.6) is 0 Å². The number of nitrogen functional groups attached to an aromatic ring is 1. The predicted octanol–water partition coefficient (Wildman–Crippen LogP) is 4.20. The van der Waals surface area contributed by atoms with Gasteiger partial charge in [-0.3, -0.25) is 4.79 Å². The molecule has 112 valence electrons. The monoisotopic (exact) mass is 287 g/mol. The highest BCUT2D eigenvalue weighted by Gasteiger charge is 2.58.